The number of nitrogens with zero attached hydrogens (tertiary/aromatic N) is 3. The zero-order chi connectivity index (χ0) is 17.5. The number of amides is 1. The highest BCUT2D eigenvalue weighted by molar-refractivity contribution is 5.93. The van der Waals surface area contributed by atoms with Crippen molar-refractivity contribution in [1.82, 2.24) is 15.3 Å². The number of ether oxygens (including phenoxy) is 1. The van der Waals surface area contributed by atoms with Gasteiger partial charge in [-0.25, -0.2) is 14.8 Å². The lowest BCUT2D eigenvalue weighted by Gasteiger charge is -2.27. The molecule has 2 aromatic heterocycles. The number of aromatic nitrogens is 2. The van der Waals surface area contributed by atoms with Crippen LogP contribution in [-0.2, 0) is 4.74 Å². The Kier molecular flexibility index (Phi) is 5.57. The molecule has 1 aliphatic heterocycles. The minimum Gasteiger partial charge on any atom is -0.430 e. The summed E-state index contributed by atoms with van der Waals surface area (Å²) in [5.41, 5.74) is -0.186. The number of hydrogen-bond donors (Lipinski definition) is 2. The number of hydrogen-bond acceptors (Lipinski definition) is 8. The van der Waals surface area contributed by atoms with E-state index in [0.717, 1.165) is 25.2 Å². The smallest absolute Gasteiger partial charge is 0.335 e. The number of carbonyl (C=O) groups is 1. The maximum Gasteiger partial charge on any atom is 0.335 e. The predicted octanol–water partition coefficient (Wildman–Crippen LogP) is 0.108. The van der Waals surface area contributed by atoms with E-state index in [4.69, 9.17) is 4.74 Å². The zero-order valence-electron chi connectivity index (χ0n) is 13.6. The Bertz CT molecular complexity index is 753. The van der Waals surface area contributed by atoms with Gasteiger partial charge in [0, 0.05) is 38.3 Å². The van der Waals surface area contributed by atoms with Crippen molar-refractivity contribution in [2.24, 2.45) is 0 Å². The summed E-state index contributed by atoms with van der Waals surface area (Å²) in [6, 6.07) is 4.51. The Morgan fingerprint density at radius 2 is 2.04 bits per heavy atom. The minimum atomic E-state index is -0.488. The van der Waals surface area contributed by atoms with Crippen molar-refractivity contribution in [3.05, 3.63) is 46.8 Å². The molecule has 1 saturated heterocycles. The van der Waals surface area contributed by atoms with Crippen molar-refractivity contribution < 1.29 is 13.9 Å². The second kappa shape index (κ2) is 8.25. The van der Waals surface area contributed by atoms with Gasteiger partial charge in [0.1, 0.15) is 24.2 Å². The van der Waals surface area contributed by atoms with Gasteiger partial charge in [0.25, 0.3) is 5.91 Å². The van der Waals surface area contributed by atoms with Crippen LogP contribution in [0.5, 0.6) is 0 Å². The van der Waals surface area contributed by atoms with Gasteiger partial charge < -0.3 is 24.7 Å². The molecule has 0 radical (unpaired) electrons. The van der Waals surface area contributed by atoms with Crippen LogP contribution in [0, 0.1) is 0 Å². The number of anilines is 2. The quantitative estimate of drug-likeness (QED) is 0.710. The fourth-order valence-corrected chi connectivity index (χ4v) is 2.36. The van der Waals surface area contributed by atoms with Crippen LogP contribution in [0.25, 0.3) is 0 Å². The van der Waals surface area contributed by atoms with Gasteiger partial charge in [0.15, 0.2) is 0 Å². The fourth-order valence-electron chi connectivity index (χ4n) is 2.36. The van der Waals surface area contributed by atoms with Gasteiger partial charge in [-0.1, -0.05) is 0 Å². The summed E-state index contributed by atoms with van der Waals surface area (Å²) in [4.78, 5) is 33.4. The van der Waals surface area contributed by atoms with E-state index in [2.05, 4.69) is 29.9 Å². The topological polar surface area (TPSA) is 110 Å². The van der Waals surface area contributed by atoms with E-state index in [9.17, 15) is 9.59 Å². The average molecular weight is 345 g/mol. The summed E-state index contributed by atoms with van der Waals surface area (Å²) in [6.07, 6.45) is 2.65. The molecule has 0 spiro atoms. The van der Waals surface area contributed by atoms with Crippen molar-refractivity contribution in [2.75, 3.05) is 49.6 Å². The van der Waals surface area contributed by atoms with E-state index in [-0.39, 0.29) is 5.91 Å². The van der Waals surface area contributed by atoms with Crippen molar-refractivity contribution in [3.8, 4) is 0 Å². The van der Waals surface area contributed by atoms with Gasteiger partial charge in [-0.2, -0.15) is 0 Å². The molecule has 0 aliphatic carbocycles. The Morgan fingerprint density at radius 3 is 2.80 bits per heavy atom. The number of carbonyl (C=O) groups excluding carboxylic acids is 1. The van der Waals surface area contributed by atoms with Crippen LogP contribution in [0.1, 0.15) is 10.4 Å². The molecule has 2 N–H and O–H groups in total. The average Bonchev–Trinajstić information content (AvgIpc) is 2.66. The van der Waals surface area contributed by atoms with Crippen LogP contribution in [0.3, 0.4) is 0 Å². The van der Waals surface area contributed by atoms with Gasteiger partial charge in [-0.3, -0.25) is 4.79 Å². The summed E-state index contributed by atoms with van der Waals surface area (Å²) >= 11 is 0. The molecule has 3 rings (SSSR count). The monoisotopic (exact) mass is 345 g/mol. The first-order chi connectivity index (χ1) is 12.2. The molecule has 3 heterocycles. The minimum absolute atomic E-state index is 0.302. The first kappa shape index (κ1) is 16.9. The third kappa shape index (κ3) is 4.77. The SMILES string of the molecule is O=C(NCCNc1cc(N2CCOCC2)ncn1)c1ccc(=O)oc1. The summed E-state index contributed by atoms with van der Waals surface area (Å²) in [5.74, 6) is 1.24. The molecular weight excluding hydrogens is 326 g/mol. The van der Waals surface area contributed by atoms with Crippen LogP contribution in [0.4, 0.5) is 11.6 Å². The molecule has 2 aromatic rings. The van der Waals surface area contributed by atoms with E-state index < -0.39 is 5.63 Å². The largest absolute Gasteiger partial charge is 0.430 e. The van der Waals surface area contributed by atoms with E-state index in [0.29, 0.717) is 37.7 Å². The van der Waals surface area contributed by atoms with Gasteiger partial charge in [0.05, 0.1) is 18.8 Å². The highest BCUT2D eigenvalue weighted by atomic mass is 16.5. The standard InChI is InChI=1S/C16H19N5O4/c22-15-2-1-12(10-25-15)16(23)18-4-3-17-13-9-14(20-11-19-13)21-5-7-24-8-6-21/h1-2,9-11H,3-8H2,(H,18,23)(H,17,19,20). The molecule has 0 bridgehead atoms. The number of rotatable bonds is 6. The Balaban J connectivity index is 1.46. The maximum absolute atomic E-state index is 11.9. The molecule has 9 heteroatoms. The molecule has 1 aliphatic rings. The molecule has 1 fully saturated rings. The highest BCUT2D eigenvalue weighted by Crippen LogP contribution is 2.15. The lowest BCUT2D eigenvalue weighted by atomic mass is 10.3. The summed E-state index contributed by atoms with van der Waals surface area (Å²) in [7, 11) is 0. The highest BCUT2D eigenvalue weighted by Gasteiger charge is 2.13. The molecular formula is C16H19N5O4. The molecule has 0 unspecified atom stereocenters. The molecule has 1 amide bonds. The maximum atomic E-state index is 11.9. The van der Waals surface area contributed by atoms with Gasteiger partial charge in [-0.15, -0.1) is 0 Å². The van der Waals surface area contributed by atoms with Crippen molar-refractivity contribution in [1.29, 1.82) is 0 Å². The van der Waals surface area contributed by atoms with E-state index in [1.165, 1.54) is 18.5 Å². The zero-order valence-corrected chi connectivity index (χ0v) is 13.6. The molecule has 0 saturated carbocycles. The van der Waals surface area contributed by atoms with Gasteiger partial charge in [0.2, 0.25) is 0 Å². The van der Waals surface area contributed by atoms with E-state index in [1.54, 1.807) is 0 Å². The van der Waals surface area contributed by atoms with Gasteiger partial charge >= 0.3 is 5.63 Å². The Morgan fingerprint density at radius 1 is 1.20 bits per heavy atom. The first-order valence-corrected chi connectivity index (χ1v) is 7.98. The van der Waals surface area contributed by atoms with Crippen molar-refractivity contribution in [2.45, 2.75) is 0 Å². The number of nitrogens with one attached hydrogen (secondary N) is 2. The normalized spacial score (nSPS) is 14.2. The summed E-state index contributed by atoms with van der Waals surface area (Å²) in [6.45, 7) is 3.90. The van der Waals surface area contributed by atoms with Crippen LogP contribution < -0.4 is 21.2 Å². The van der Waals surface area contributed by atoms with Gasteiger partial charge in [-0.05, 0) is 6.07 Å². The molecule has 0 atom stereocenters. The lowest BCUT2D eigenvalue weighted by Crippen LogP contribution is -2.36. The van der Waals surface area contributed by atoms with Crippen LogP contribution in [0.2, 0.25) is 0 Å². The first-order valence-electron chi connectivity index (χ1n) is 7.98. The van der Waals surface area contributed by atoms with Crippen LogP contribution in [0.15, 0.2) is 40.0 Å². The third-order valence-corrected chi connectivity index (χ3v) is 3.67. The fraction of sp³-hybridized carbons (Fsp3) is 0.375. The second-order valence-corrected chi connectivity index (χ2v) is 5.39. The van der Waals surface area contributed by atoms with Crippen LogP contribution >= 0.6 is 0 Å². The third-order valence-electron chi connectivity index (χ3n) is 3.67. The van der Waals surface area contributed by atoms with Crippen molar-refractivity contribution in [3.63, 3.8) is 0 Å². The van der Waals surface area contributed by atoms with Crippen molar-refractivity contribution >= 4 is 17.5 Å². The summed E-state index contributed by atoms with van der Waals surface area (Å²) < 4.78 is 9.99. The molecule has 9 nitrogen and oxygen atoms in total. The Hall–Kier alpha value is -2.94. The Labute approximate surface area is 144 Å². The predicted molar refractivity (Wildman–Crippen MR) is 90.9 cm³/mol. The summed E-state index contributed by atoms with van der Waals surface area (Å²) in [5, 5.41) is 5.88. The molecule has 0 aromatic carbocycles. The van der Waals surface area contributed by atoms with Crippen LogP contribution in [-0.4, -0.2) is 55.3 Å². The number of morpholine rings is 1. The molecule has 132 valence electrons. The van der Waals surface area contributed by atoms with E-state index >= 15 is 0 Å². The van der Waals surface area contributed by atoms with E-state index in [1.807, 2.05) is 6.07 Å². The second-order valence-electron chi connectivity index (χ2n) is 5.39. The lowest BCUT2D eigenvalue weighted by molar-refractivity contribution is 0.0952. The molecule has 25 heavy (non-hydrogen) atoms.